The van der Waals surface area contributed by atoms with Crippen molar-refractivity contribution in [3.8, 4) is 0 Å². The van der Waals surface area contributed by atoms with E-state index in [9.17, 15) is 9.90 Å². The highest BCUT2D eigenvalue weighted by Gasteiger charge is 2.17. The van der Waals surface area contributed by atoms with Gasteiger partial charge in [0.2, 0.25) is 0 Å². The van der Waals surface area contributed by atoms with Crippen molar-refractivity contribution < 1.29 is 15.0 Å². The van der Waals surface area contributed by atoms with E-state index < -0.39 is 18.1 Å². The molecular weight excluding hydrogens is 242 g/mol. The van der Waals surface area contributed by atoms with E-state index in [1.165, 1.54) is 0 Å². The molecular formula is C15H23NO3. The summed E-state index contributed by atoms with van der Waals surface area (Å²) in [6.07, 6.45) is 1.74. The minimum atomic E-state index is -0.857. The van der Waals surface area contributed by atoms with E-state index in [2.05, 4.69) is 5.32 Å². The van der Waals surface area contributed by atoms with Gasteiger partial charge in [0.15, 0.2) is 0 Å². The van der Waals surface area contributed by atoms with Crippen molar-refractivity contribution in [2.24, 2.45) is 0 Å². The maximum atomic E-state index is 11.1. The molecule has 0 bridgehead atoms. The van der Waals surface area contributed by atoms with Crippen molar-refractivity contribution in [3.05, 3.63) is 35.4 Å². The zero-order valence-corrected chi connectivity index (χ0v) is 11.6. The molecule has 0 aliphatic heterocycles. The average Bonchev–Trinajstić information content (AvgIpc) is 2.39. The quantitative estimate of drug-likeness (QED) is 0.674. The summed E-state index contributed by atoms with van der Waals surface area (Å²) in [4.78, 5) is 11.1. The lowest BCUT2D eigenvalue weighted by atomic mass is 10.1. The summed E-state index contributed by atoms with van der Waals surface area (Å²) in [5.41, 5.74) is 1.94. The van der Waals surface area contributed by atoms with E-state index in [4.69, 9.17) is 5.11 Å². The second kappa shape index (κ2) is 7.92. The van der Waals surface area contributed by atoms with Crippen molar-refractivity contribution in [3.63, 3.8) is 0 Å². The van der Waals surface area contributed by atoms with Gasteiger partial charge >= 0.3 is 5.97 Å². The van der Waals surface area contributed by atoms with Crippen molar-refractivity contribution in [1.82, 2.24) is 5.32 Å². The van der Waals surface area contributed by atoms with Crippen molar-refractivity contribution in [2.75, 3.05) is 6.54 Å². The first-order chi connectivity index (χ1) is 9.04. The number of hydrogen-bond acceptors (Lipinski definition) is 3. The molecule has 4 nitrogen and oxygen atoms in total. The van der Waals surface area contributed by atoms with Gasteiger partial charge in [0.1, 0.15) is 6.04 Å². The Morgan fingerprint density at radius 3 is 2.47 bits per heavy atom. The Labute approximate surface area is 114 Å². The van der Waals surface area contributed by atoms with Crippen molar-refractivity contribution in [2.45, 2.75) is 45.3 Å². The summed E-state index contributed by atoms with van der Waals surface area (Å²) in [5.74, 6) is -0.857. The van der Waals surface area contributed by atoms with Gasteiger partial charge in [-0.15, -0.1) is 0 Å². The van der Waals surface area contributed by atoms with Gasteiger partial charge in [-0.2, -0.15) is 0 Å². The van der Waals surface area contributed by atoms with Crippen LogP contribution >= 0.6 is 0 Å². The van der Waals surface area contributed by atoms with Gasteiger partial charge in [0, 0.05) is 6.54 Å². The van der Waals surface area contributed by atoms with Crippen LogP contribution in [0.4, 0.5) is 0 Å². The van der Waals surface area contributed by atoms with Crippen LogP contribution in [0.15, 0.2) is 24.3 Å². The summed E-state index contributed by atoms with van der Waals surface area (Å²) in [7, 11) is 0. The molecule has 2 atom stereocenters. The minimum absolute atomic E-state index is 0.254. The SMILES string of the molecule is CCCCC(NCC(O)c1ccc(C)cc1)C(=O)O. The Kier molecular flexibility index (Phi) is 6.53. The molecule has 1 aromatic rings. The number of aliphatic hydroxyl groups excluding tert-OH is 1. The number of hydrogen-bond donors (Lipinski definition) is 3. The molecule has 0 aliphatic rings. The molecule has 0 saturated heterocycles. The average molecular weight is 265 g/mol. The minimum Gasteiger partial charge on any atom is -0.480 e. The molecule has 19 heavy (non-hydrogen) atoms. The second-order valence-electron chi connectivity index (χ2n) is 4.87. The maximum Gasteiger partial charge on any atom is 0.320 e. The standard InChI is InChI=1S/C15H23NO3/c1-3-4-5-13(15(18)19)16-10-14(17)12-8-6-11(2)7-9-12/h6-9,13-14,16-17H,3-5,10H2,1-2H3,(H,18,19). The van der Waals surface area contributed by atoms with Gasteiger partial charge in [-0.25, -0.2) is 0 Å². The van der Waals surface area contributed by atoms with Crippen LogP contribution in [0.2, 0.25) is 0 Å². The van der Waals surface area contributed by atoms with E-state index in [1.807, 2.05) is 38.1 Å². The van der Waals surface area contributed by atoms with Crippen LogP contribution in [0, 0.1) is 6.92 Å². The monoisotopic (exact) mass is 265 g/mol. The summed E-state index contributed by atoms with van der Waals surface area (Å²) in [5, 5.41) is 22.0. The van der Waals surface area contributed by atoms with Crippen molar-refractivity contribution >= 4 is 5.97 Å². The number of unbranched alkanes of at least 4 members (excludes halogenated alkanes) is 1. The highest BCUT2D eigenvalue weighted by atomic mass is 16.4. The van der Waals surface area contributed by atoms with Crippen LogP contribution in [0.3, 0.4) is 0 Å². The Bertz CT molecular complexity index is 389. The molecule has 0 aliphatic carbocycles. The molecule has 0 saturated carbocycles. The van der Waals surface area contributed by atoms with Crippen molar-refractivity contribution in [1.29, 1.82) is 0 Å². The first kappa shape index (κ1) is 15.7. The molecule has 4 heteroatoms. The van der Waals surface area contributed by atoms with E-state index >= 15 is 0 Å². The highest BCUT2D eigenvalue weighted by Crippen LogP contribution is 2.13. The van der Waals surface area contributed by atoms with Gasteiger partial charge in [-0.3, -0.25) is 4.79 Å². The molecule has 1 rings (SSSR count). The van der Waals surface area contributed by atoms with E-state index in [-0.39, 0.29) is 6.54 Å². The molecule has 0 fully saturated rings. The Morgan fingerprint density at radius 1 is 1.32 bits per heavy atom. The van der Waals surface area contributed by atoms with Crippen LogP contribution in [-0.4, -0.2) is 28.8 Å². The predicted molar refractivity (Wildman–Crippen MR) is 75.1 cm³/mol. The largest absolute Gasteiger partial charge is 0.480 e. The summed E-state index contributed by atoms with van der Waals surface area (Å²) in [6.45, 7) is 4.27. The summed E-state index contributed by atoms with van der Waals surface area (Å²) >= 11 is 0. The third-order valence-corrected chi connectivity index (χ3v) is 3.16. The number of aryl methyl sites for hydroxylation is 1. The van der Waals surface area contributed by atoms with Crippen LogP contribution in [0.1, 0.15) is 43.4 Å². The van der Waals surface area contributed by atoms with Crippen LogP contribution < -0.4 is 5.32 Å². The van der Waals surface area contributed by atoms with Gasteiger partial charge < -0.3 is 15.5 Å². The fraction of sp³-hybridized carbons (Fsp3) is 0.533. The smallest absolute Gasteiger partial charge is 0.320 e. The topological polar surface area (TPSA) is 69.6 Å². The number of benzene rings is 1. The van der Waals surface area contributed by atoms with E-state index in [1.54, 1.807) is 0 Å². The predicted octanol–water partition coefficient (Wildman–Crippen LogP) is 2.26. The molecule has 3 N–H and O–H groups in total. The van der Waals surface area contributed by atoms with E-state index in [0.29, 0.717) is 6.42 Å². The van der Waals surface area contributed by atoms with Crippen LogP contribution in [0.25, 0.3) is 0 Å². The third-order valence-electron chi connectivity index (χ3n) is 3.16. The fourth-order valence-electron chi connectivity index (χ4n) is 1.88. The van der Waals surface area contributed by atoms with Crippen LogP contribution in [0.5, 0.6) is 0 Å². The Hall–Kier alpha value is -1.39. The normalized spacial score (nSPS) is 14.1. The zero-order chi connectivity index (χ0) is 14.3. The highest BCUT2D eigenvalue weighted by molar-refractivity contribution is 5.73. The fourth-order valence-corrected chi connectivity index (χ4v) is 1.88. The van der Waals surface area contributed by atoms with Gasteiger partial charge in [-0.05, 0) is 18.9 Å². The Balaban J connectivity index is 2.49. The molecule has 106 valence electrons. The molecule has 0 spiro atoms. The first-order valence-electron chi connectivity index (χ1n) is 6.75. The van der Waals surface area contributed by atoms with Gasteiger partial charge in [-0.1, -0.05) is 49.6 Å². The number of carboxylic acids is 1. The number of nitrogens with one attached hydrogen (secondary N) is 1. The third kappa shape index (κ3) is 5.41. The first-order valence-corrected chi connectivity index (χ1v) is 6.75. The molecule has 0 heterocycles. The van der Waals surface area contributed by atoms with Crippen LogP contribution in [-0.2, 0) is 4.79 Å². The lowest BCUT2D eigenvalue weighted by Crippen LogP contribution is -2.39. The Morgan fingerprint density at radius 2 is 1.95 bits per heavy atom. The lowest BCUT2D eigenvalue weighted by Gasteiger charge is -2.17. The number of aliphatic hydroxyl groups is 1. The van der Waals surface area contributed by atoms with E-state index in [0.717, 1.165) is 24.0 Å². The number of aliphatic carboxylic acids is 1. The van der Waals surface area contributed by atoms with Gasteiger partial charge in [0.25, 0.3) is 0 Å². The van der Waals surface area contributed by atoms with Gasteiger partial charge in [0.05, 0.1) is 6.10 Å². The molecule has 0 radical (unpaired) electrons. The molecule has 0 aromatic heterocycles. The summed E-state index contributed by atoms with van der Waals surface area (Å²) in [6, 6.07) is 7.02. The second-order valence-corrected chi connectivity index (χ2v) is 4.87. The summed E-state index contributed by atoms with van der Waals surface area (Å²) < 4.78 is 0. The lowest BCUT2D eigenvalue weighted by molar-refractivity contribution is -0.139. The molecule has 1 aromatic carbocycles. The number of carbonyl (C=O) groups is 1. The molecule has 0 amide bonds. The molecule has 2 unspecified atom stereocenters. The number of rotatable bonds is 8. The number of carboxylic acid groups (broad SMARTS) is 1. The zero-order valence-electron chi connectivity index (χ0n) is 11.6. The maximum absolute atomic E-state index is 11.1.